The van der Waals surface area contributed by atoms with Crippen molar-refractivity contribution in [1.82, 2.24) is 9.88 Å². The molecule has 1 aliphatic heterocycles. The monoisotopic (exact) mass is 294 g/mol. The number of aromatic carboxylic acids is 1. The first-order valence-corrected chi connectivity index (χ1v) is 6.93. The van der Waals surface area contributed by atoms with Crippen LogP contribution in [0.15, 0.2) is 12.1 Å². The molecule has 2 heterocycles. The second kappa shape index (κ2) is 6.98. The molecule has 0 aliphatic carbocycles. The first-order valence-electron chi connectivity index (χ1n) is 6.93. The van der Waals surface area contributed by atoms with Crippen LogP contribution in [-0.2, 0) is 0 Å². The van der Waals surface area contributed by atoms with Gasteiger partial charge in [0.2, 0.25) is 5.82 Å². The number of pyridine rings is 1. The number of rotatable bonds is 6. The maximum absolute atomic E-state index is 10.9. The molecule has 114 valence electrons. The van der Waals surface area contributed by atoms with E-state index in [1.54, 1.807) is 0 Å². The minimum atomic E-state index is -1.20. The maximum Gasteiger partial charge on any atom is 0.354 e. The van der Waals surface area contributed by atoms with Gasteiger partial charge in [0.1, 0.15) is 0 Å². The number of nitrogens with one attached hydrogen (secondary N) is 1. The Kier molecular flexibility index (Phi) is 5.04. The predicted molar refractivity (Wildman–Crippen MR) is 76.6 cm³/mol. The molecule has 1 aliphatic rings. The Bertz CT molecular complexity index is 529. The lowest BCUT2D eigenvalue weighted by Crippen LogP contribution is -2.33. The van der Waals surface area contributed by atoms with Crippen molar-refractivity contribution >= 4 is 17.5 Å². The molecule has 0 aromatic carbocycles. The number of nitro groups is 1. The Morgan fingerprint density at radius 2 is 2.10 bits per heavy atom. The van der Waals surface area contributed by atoms with Crippen LogP contribution in [0.5, 0.6) is 0 Å². The molecule has 1 saturated heterocycles. The van der Waals surface area contributed by atoms with Crippen molar-refractivity contribution in [3.8, 4) is 0 Å². The fourth-order valence-electron chi connectivity index (χ4n) is 2.36. The molecule has 21 heavy (non-hydrogen) atoms. The largest absolute Gasteiger partial charge is 0.477 e. The molecule has 8 nitrogen and oxygen atoms in total. The summed E-state index contributed by atoms with van der Waals surface area (Å²) in [5, 5.41) is 22.7. The second-order valence-electron chi connectivity index (χ2n) is 4.96. The molecule has 0 radical (unpaired) electrons. The standard InChI is InChI=1S/C13H18N4O4/c18-13(19)10-4-5-11(17(20)21)12(15-10)14-6-9-16-7-2-1-3-8-16/h4-5H,1-3,6-9H2,(H,14,15)(H,18,19). The first kappa shape index (κ1) is 15.2. The number of likely N-dealkylation sites (tertiary alicyclic amines) is 1. The van der Waals surface area contributed by atoms with Crippen LogP contribution in [0, 0.1) is 10.1 Å². The van der Waals surface area contributed by atoms with Crippen LogP contribution in [0.3, 0.4) is 0 Å². The zero-order valence-electron chi connectivity index (χ0n) is 11.6. The van der Waals surface area contributed by atoms with Gasteiger partial charge in [0, 0.05) is 19.2 Å². The van der Waals surface area contributed by atoms with Gasteiger partial charge >= 0.3 is 11.7 Å². The molecule has 0 amide bonds. The van der Waals surface area contributed by atoms with Crippen molar-refractivity contribution in [1.29, 1.82) is 0 Å². The van der Waals surface area contributed by atoms with Crippen LogP contribution in [0.2, 0.25) is 0 Å². The van der Waals surface area contributed by atoms with E-state index in [0.29, 0.717) is 6.54 Å². The van der Waals surface area contributed by atoms with E-state index in [-0.39, 0.29) is 17.2 Å². The van der Waals surface area contributed by atoms with E-state index in [0.717, 1.165) is 25.7 Å². The molecule has 0 spiro atoms. The minimum Gasteiger partial charge on any atom is -0.477 e. The maximum atomic E-state index is 10.9. The van der Waals surface area contributed by atoms with Crippen molar-refractivity contribution in [2.45, 2.75) is 19.3 Å². The van der Waals surface area contributed by atoms with E-state index < -0.39 is 10.9 Å². The summed E-state index contributed by atoms with van der Waals surface area (Å²) in [6.07, 6.45) is 3.59. The highest BCUT2D eigenvalue weighted by molar-refractivity contribution is 5.86. The minimum absolute atomic E-state index is 0.0110. The van der Waals surface area contributed by atoms with Crippen molar-refractivity contribution in [3.05, 3.63) is 27.9 Å². The van der Waals surface area contributed by atoms with E-state index in [9.17, 15) is 14.9 Å². The zero-order valence-corrected chi connectivity index (χ0v) is 11.6. The van der Waals surface area contributed by atoms with E-state index in [1.165, 1.54) is 25.3 Å². The second-order valence-corrected chi connectivity index (χ2v) is 4.96. The highest BCUT2D eigenvalue weighted by atomic mass is 16.6. The molecule has 0 atom stereocenters. The molecular formula is C13H18N4O4. The van der Waals surface area contributed by atoms with Gasteiger partial charge in [-0.3, -0.25) is 10.1 Å². The summed E-state index contributed by atoms with van der Waals surface area (Å²) in [6, 6.07) is 2.30. The number of aromatic nitrogens is 1. The third-order valence-electron chi connectivity index (χ3n) is 3.46. The van der Waals surface area contributed by atoms with Crippen LogP contribution >= 0.6 is 0 Å². The summed E-state index contributed by atoms with van der Waals surface area (Å²) in [4.78, 5) is 27.3. The smallest absolute Gasteiger partial charge is 0.354 e. The number of hydrogen-bond acceptors (Lipinski definition) is 6. The van der Waals surface area contributed by atoms with Gasteiger partial charge in [-0.25, -0.2) is 9.78 Å². The van der Waals surface area contributed by atoms with E-state index >= 15 is 0 Å². The summed E-state index contributed by atoms with van der Waals surface area (Å²) in [6.45, 7) is 3.33. The molecule has 1 aromatic heterocycles. The molecule has 0 bridgehead atoms. The number of carbonyl (C=O) groups is 1. The topological polar surface area (TPSA) is 109 Å². The highest BCUT2D eigenvalue weighted by Gasteiger charge is 2.18. The van der Waals surface area contributed by atoms with Crippen molar-refractivity contribution < 1.29 is 14.8 Å². The van der Waals surface area contributed by atoms with Crippen LogP contribution < -0.4 is 5.32 Å². The summed E-state index contributed by atoms with van der Waals surface area (Å²) < 4.78 is 0. The van der Waals surface area contributed by atoms with E-state index in [2.05, 4.69) is 15.2 Å². The molecule has 2 rings (SSSR count). The van der Waals surface area contributed by atoms with Crippen molar-refractivity contribution in [3.63, 3.8) is 0 Å². The summed E-state index contributed by atoms with van der Waals surface area (Å²) >= 11 is 0. The number of anilines is 1. The third kappa shape index (κ3) is 4.12. The molecule has 0 saturated carbocycles. The Hall–Kier alpha value is -2.22. The van der Waals surface area contributed by atoms with Gasteiger partial charge in [-0.1, -0.05) is 6.42 Å². The number of nitrogens with zero attached hydrogens (tertiary/aromatic N) is 3. The molecule has 8 heteroatoms. The molecule has 1 fully saturated rings. The van der Waals surface area contributed by atoms with E-state index in [1.807, 2.05) is 0 Å². The first-order chi connectivity index (χ1) is 10.1. The van der Waals surface area contributed by atoms with Crippen LogP contribution in [0.4, 0.5) is 11.5 Å². The van der Waals surface area contributed by atoms with Gasteiger partial charge in [0.25, 0.3) is 0 Å². The molecule has 1 aromatic rings. The average Bonchev–Trinajstić information content (AvgIpc) is 2.48. The Morgan fingerprint density at radius 1 is 1.38 bits per heavy atom. The normalized spacial score (nSPS) is 15.6. The summed E-state index contributed by atoms with van der Waals surface area (Å²) in [5.74, 6) is -1.19. The number of piperidine rings is 1. The Balaban J connectivity index is 2.00. The molecule has 2 N–H and O–H groups in total. The molecular weight excluding hydrogens is 276 g/mol. The number of carboxylic acid groups (broad SMARTS) is 1. The predicted octanol–water partition coefficient (Wildman–Crippen LogP) is 1.59. The van der Waals surface area contributed by atoms with Crippen molar-refractivity contribution in [2.75, 3.05) is 31.5 Å². The van der Waals surface area contributed by atoms with Crippen LogP contribution in [0.25, 0.3) is 0 Å². The Labute approximate surface area is 121 Å². The lowest BCUT2D eigenvalue weighted by Gasteiger charge is -2.26. The lowest BCUT2D eigenvalue weighted by atomic mass is 10.1. The quantitative estimate of drug-likeness (QED) is 0.605. The van der Waals surface area contributed by atoms with Crippen LogP contribution in [-0.4, -0.2) is 52.1 Å². The zero-order chi connectivity index (χ0) is 15.2. The van der Waals surface area contributed by atoms with Gasteiger partial charge < -0.3 is 15.3 Å². The SMILES string of the molecule is O=C(O)c1ccc([N+](=O)[O-])c(NCCN2CCCCC2)n1. The summed E-state index contributed by atoms with van der Waals surface area (Å²) in [5.41, 5.74) is -0.417. The number of carboxylic acids is 1. The fraction of sp³-hybridized carbons (Fsp3) is 0.538. The highest BCUT2D eigenvalue weighted by Crippen LogP contribution is 2.22. The van der Waals surface area contributed by atoms with E-state index in [4.69, 9.17) is 5.11 Å². The van der Waals surface area contributed by atoms with Gasteiger partial charge in [0.15, 0.2) is 5.69 Å². The average molecular weight is 294 g/mol. The van der Waals surface area contributed by atoms with Crippen LogP contribution in [0.1, 0.15) is 29.8 Å². The number of hydrogen-bond donors (Lipinski definition) is 2. The van der Waals surface area contributed by atoms with Crippen molar-refractivity contribution in [2.24, 2.45) is 0 Å². The Morgan fingerprint density at radius 3 is 2.71 bits per heavy atom. The van der Waals surface area contributed by atoms with Gasteiger partial charge in [-0.2, -0.15) is 0 Å². The van der Waals surface area contributed by atoms with Gasteiger partial charge in [-0.15, -0.1) is 0 Å². The fourth-order valence-corrected chi connectivity index (χ4v) is 2.36. The molecule has 0 unspecified atom stereocenters. The van der Waals surface area contributed by atoms with Gasteiger partial charge in [-0.05, 0) is 32.0 Å². The van der Waals surface area contributed by atoms with Gasteiger partial charge in [0.05, 0.1) is 4.92 Å². The lowest BCUT2D eigenvalue weighted by molar-refractivity contribution is -0.384. The summed E-state index contributed by atoms with van der Waals surface area (Å²) in [7, 11) is 0. The third-order valence-corrected chi connectivity index (χ3v) is 3.46.